The van der Waals surface area contributed by atoms with Crippen molar-refractivity contribution in [2.24, 2.45) is 11.3 Å². The second kappa shape index (κ2) is 4.86. The summed E-state index contributed by atoms with van der Waals surface area (Å²) in [6.45, 7) is 1.47. The zero-order chi connectivity index (χ0) is 13.3. The number of hydrogen-bond donors (Lipinski definition) is 1. The lowest BCUT2D eigenvalue weighted by Gasteiger charge is -2.20. The second-order valence-corrected chi connectivity index (χ2v) is 5.99. The van der Waals surface area contributed by atoms with Crippen LogP contribution < -0.4 is 5.32 Å². The molecule has 0 amide bonds. The van der Waals surface area contributed by atoms with Crippen LogP contribution in [0.4, 0.5) is 8.78 Å². The number of alkyl halides is 2. The minimum absolute atomic E-state index is 0.327. The van der Waals surface area contributed by atoms with Crippen LogP contribution in [0.25, 0.3) is 0 Å². The summed E-state index contributed by atoms with van der Waals surface area (Å²) in [5, 5.41) is 3.31. The Morgan fingerprint density at radius 2 is 1.95 bits per heavy atom. The van der Waals surface area contributed by atoms with E-state index in [9.17, 15) is 8.78 Å². The lowest BCUT2D eigenvalue weighted by atomic mass is 9.86. The van der Waals surface area contributed by atoms with Crippen LogP contribution in [0.2, 0.25) is 0 Å². The highest BCUT2D eigenvalue weighted by atomic mass is 19.3. The van der Waals surface area contributed by atoms with Crippen molar-refractivity contribution in [3.8, 4) is 0 Å². The van der Waals surface area contributed by atoms with Gasteiger partial charge in [-0.05, 0) is 31.4 Å². The fourth-order valence-electron chi connectivity index (χ4n) is 3.78. The molecule has 2 aliphatic carbocycles. The summed E-state index contributed by atoms with van der Waals surface area (Å²) < 4.78 is 27.8. The van der Waals surface area contributed by atoms with E-state index in [4.69, 9.17) is 0 Å². The molecule has 0 bridgehead atoms. The molecule has 104 valence electrons. The highest BCUT2D eigenvalue weighted by Gasteiger charge is 2.79. The van der Waals surface area contributed by atoms with E-state index in [1.165, 1.54) is 5.56 Å². The summed E-state index contributed by atoms with van der Waals surface area (Å²) in [6, 6.07) is 10.1. The van der Waals surface area contributed by atoms with Crippen LogP contribution in [0.5, 0.6) is 0 Å². The molecule has 3 rings (SSSR count). The molecule has 0 radical (unpaired) electrons. The van der Waals surface area contributed by atoms with Crippen molar-refractivity contribution in [2.45, 2.75) is 44.6 Å². The van der Waals surface area contributed by atoms with Crippen LogP contribution in [0.15, 0.2) is 30.3 Å². The molecule has 2 atom stereocenters. The van der Waals surface area contributed by atoms with Gasteiger partial charge in [-0.25, -0.2) is 8.78 Å². The van der Waals surface area contributed by atoms with E-state index in [1.807, 2.05) is 18.2 Å². The zero-order valence-corrected chi connectivity index (χ0v) is 11.2. The van der Waals surface area contributed by atoms with E-state index in [1.54, 1.807) is 0 Å². The predicted molar refractivity (Wildman–Crippen MR) is 72.1 cm³/mol. The van der Waals surface area contributed by atoms with Crippen molar-refractivity contribution < 1.29 is 8.78 Å². The Bertz CT molecular complexity index is 432. The van der Waals surface area contributed by atoms with Gasteiger partial charge in [0.1, 0.15) is 0 Å². The molecule has 3 heteroatoms. The third kappa shape index (κ3) is 2.18. The van der Waals surface area contributed by atoms with E-state index in [0.717, 1.165) is 32.2 Å². The first-order valence-electron chi connectivity index (χ1n) is 7.29. The van der Waals surface area contributed by atoms with Gasteiger partial charge >= 0.3 is 0 Å². The normalized spacial score (nSPS) is 31.8. The smallest absolute Gasteiger partial charge is 0.257 e. The zero-order valence-electron chi connectivity index (χ0n) is 11.2. The van der Waals surface area contributed by atoms with Crippen molar-refractivity contribution in [1.29, 1.82) is 0 Å². The maximum absolute atomic E-state index is 13.9. The lowest BCUT2D eigenvalue weighted by molar-refractivity contribution is 0.0535. The maximum Gasteiger partial charge on any atom is 0.257 e. The van der Waals surface area contributed by atoms with Crippen molar-refractivity contribution >= 4 is 0 Å². The Labute approximate surface area is 113 Å². The molecule has 0 heterocycles. The molecule has 0 spiro atoms. The quantitative estimate of drug-likeness (QED) is 0.794. The van der Waals surface area contributed by atoms with Gasteiger partial charge in [0.2, 0.25) is 0 Å². The molecule has 0 saturated heterocycles. The number of benzene rings is 1. The standard InChI is InChI=1S/C16H21F2N/c17-16(18)14-8-4-5-9-15(14,16)10-11-19-12-13-6-2-1-3-7-13/h1-3,6-7,14,19H,4-5,8-12H2. The second-order valence-electron chi connectivity index (χ2n) is 5.99. The molecule has 19 heavy (non-hydrogen) atoms. The van der Waals surface area contributed by atoms with Crippen molar-refractivity contribution in [3.05, 3.63) is 35.9 Å². The summed E-state index contributed by atoms with van der Waals surface area (Å²) in [5.41, 5.74) is 0.553. The topological polar surface area (TPSA) is 12.0 Å². The first kappa shape index (κ1) is 13.0. The minimum atomic E-state index is -2.39. The number of nitrogens with one attached hydrogen (secondary N) is 1. The van der Waals surface area contributed by atoms with Crippen molar-refractivity contribution in [2.75, 3.05) is 6.54 Å². The molecule has 1 nitrogen and oxygen atoms in total. The van der Waals surface area contributed by atoms with Gasteiger partial charge in [-0.15, -0.1) is 0 Å². The fraction of sp³-hybridized carbons (Fsp3) is 0.625. The van der Waals surface area contributed by atoms with Crippen LogP contribution in [-0.2, 0) is 6.54 Å². The highest BCUT2D eigenvalue weighted by Crippen LogP contribution is 2.73. The number of fused-ring (bicyclic) bond motifs is 1. The average Bonchev–Trinajstić information content (AvgIpc) is 2.94. The molecule has 1 aromatic rings. The van der Waals surface area contributed by atoms with Crippen molar-refractivity contribution in [1.82, 2.24) is 5.32 Å². The monoisotopic (exact) mass is 265 g/mol. The van der Waals surface area contributed by atoms with Gasteiger partial charge in [0.25, 0.3) is 5.92 Å². The van der Waals surface area contributed by atoms with Crippen LogP contribution in [-0.4, -0.2) is 12.5 Å². The van der Waals surface area contributed by atoms with Crippen LogP contribution in [0.3, 0.4) is 0 Å². The molecule has 2 unspecified atom stereocenters. The summed E-state index contributed by atoms with van der Waals surface area (Å²) in [4.78, 5) is 0. The largest absolute Gasteiger partial charge is 0.313 e. The molecular formula is C16H21F2N. The van der Waals surface area contributed by atoms with E-state index in [2.05, 4.69) is 17.4 Å². The maximum atomic E-state index is 13.9. The van der Waals surface area contributed by atoms with Gasteiger partial charge in [-0.2, -0.15) is 0 Å². The lowest BCUT2D eigenvalue weighted by Crippen LogP contribution is -2.22. The molecule has 0 aromatic heterocycles. The molecule has 2 aliphatic rings. The molecule has 2 saturated carbocycles. The van der Waals surface area contributed by atoms with Gasteiger partial charge in [-0.1, -0.05) is 43.2 Å². The van der Waals surface area contributed by atoms with Gasteiger partial charge in [-0.3, -0.25) is 0 Å². The minimum Gasteiger partial charge on any atom is -0.313 e. The Kier molecular flexibility index (Phi) is 3.34. The summed E-state index contributed by atoms with van der Waals surface area (Å²) in [6.07, 6.45) is 4.03. The van der Waals surface area contributed by atoms with E-state index >= 15 is 0 Å². The summed E-state index contributed by atoms with van der Waals surface area (Å²) >= 11 is 0. The predicted octanol–water partition coefficient (Wildman–Crippen LogP) is 3.99. The van der Waals surface area contributed by atoms with Crippen LogP contribution in [0.1, 0.15) is 37.7 Å². The van der Waals surface area contributed by atoms with Gasteiger partial charge in [0.05, 0.1) is 0 Å². The third-order valence-corrected chi connectivity index (χ3v) is 4.97. The molecule has 1 N–H and O–H groups in total. The summed E-state index contributed by atoms with van der Waals surface area (Å²) in [5.74, 6) is -2.72. The van der Waals surface area contributed by atoms with E-state index in [0.29, 0.717) is 13.0 Å². The number of hydrogen-bond acceptors (Lipinski definition) is 1. The first-order valence-corrected chi connectivity index (χ1v) is 7.29. The Morgan fingerprint density at radius 1 is 1.16 bits per heavy atom. The summed E-state index contributed by atoms with van der Waals surface area (Å²) in [7, 11) is 0. The highest BCUT2D eigenvalue weighted by molar-refractivity contribution is 5.19. The molecule has 1 aromatic carbocycles. The van der Waals surface area contributed by atoms with Crippen molar-refractivity contribution in [3.63, 3.8) is 0 Å². The van der Waals surface area contributed by atoms with Crippen LogP contribution >= 0.6 is 0 Å². The Morgan fingerprint density at radius 3 is 2.68 bits per heavy atom. The molecule has 0 aliphatic heterocycles. The number of rotatable bonds is 5. The third-order valence-electron chi connectivity index (χ3n) is 4.97. The molecular weight excluding hydrogens is 244 g/mol. The van der Waals surface area contributed by atoms with E-state index in [-0.39, 0.29) is 5.92 Å². The average molecular weight is 265 g/mol. The Hall–Kier alpha value is -0.960. The van der Waals surface area contributed by atoms with Gasteiger partial charge in [0.15, 0.2) is 0 Å². The SMILES string of the molecule is FC1(F)C2CCCCC21CCNCc1ccccc1. The first-order chi connectivity index (χ1) is 9.17. The van der Waals surface area contributed by atoms with E-state index < -0.39 is 11.3 Å². The van der Waals surface area contributed by atoms with Crippen LogP contribution in [0, 0.1) is 11.3 Å². The van der Waals surface area contributed by atoms with Gasteiger partial charge < -0.3 is 5.32 Å². The number of halogens is 2. The Balaban J connectivity index is 1.48. The van der Waals surface area contributed by atoms with Gasteiger partial charge in [0, 0.05) is 17.9 Å². The fourth-order valence-corrected chi connectivity index (χ4v) is 3.78. The molecule has 2 fully saturated rings.